The minimum absolute atomic E-state index is 0.619. The molecule has 54 valence electrons. The summed E-state index contributed by atoms with van der Waals surface area (Å²) >= 11 is 0. The summed E-state index contributed by atoms with van der Waals surface area (Å²) in [6.45, 7) is 0. The van der Waals surface area contributed by atoms with Gasteiger partial charge in [-0.25, -0.2) is 5.84 Å². The van der Waals surface area contributed by atoms with E-state index >= 15 is 0 Å². The molecule has 0 amide bonds. The molecule has 0 aromatic carbocycles. The standard InChI is InChI=1S/C5H9N5/c1-7-5(10-6)4-2-8-9-3-4/h2-3H,6H2,1H3,(H,7,10)(H,8,9). The summed E-state index contributed by atoms with van der Waals surface area (Å²) in [4.78, 5) is 3.87. The van der Waals surface area contributed by atoms with Gasteiger partial charge in [0.15, 0.2) is 0 Å². The molecule has 5 heteroatoms. The van der Waals surface area contributed by atoms with Gasteiger partial charge in [0.1, 0.15) is 5.84 Å². The van der Waals surface area contributed by atoms with Crippen molar-refractivity contribution in [2.75, 3.05) is 7.05 Å². The Kier molecular flexibility index (Phi) is 2.01. The fourth-order valence-corrected chi connectivity index (χ4v) is 0.657. The van der Waals surface area contributed by atoms with Crippen molar-refractivity contribution in [3.05, 3.63) is 18.0 Å². The molecule has 0 aliphatic heterocycles. The molecular formula is C5H9N5. The lowest BCUT2D eigenvalue weighted by molar-refractivity contribution is 1.02. The largest absolute Gasteiger partial charge is 0.308 e. The normalized spacial score (nSPS) is 11.6. The first-order valence-corrected chi connectivity index (χ1v) is 2.81. The predicted octanol–water partition coefficient (Wildman–Crippen LogP) is -0.751. The maximum atomic E-state index is 5.15. The zero-order valence-corrected chi connectivity index (χ0v) is 5.63. The average molecular weight is 139 g/mol. The third-order valence-corrected chi connectivity index (χ3v) is 1.13. The van der Waals surface area contributed by atoms with E-state index in [1.54, 1.807) is 19.4 Å². The number of H-pyrrole nitrogens is 1. The quantitative estimate of drug-likeness (QED) is 0.207. The van der Waals surface area contributed by atoms with Gasteiger partial charge in [-0.15, -0.1) is 0 Å². The Labute approximate surface area is 58.3 Å². The highest BCUT2D eigenvalue weighted by molar-refractivity contribution is 5.97. The van der Waals surface area contributed by atoms with Crippen molar-refractivity contribution >= 4 is 5.84 Å². The summed E-state index contributed by atoms with van der Waals surface area (Å²) in [5.74, 6) is 5.77. The number of amidine groups is 1. The van der Waals surface area contributed by atoms with Crippen LogP contribution in [0.15, 0.2) is 17.4 Å². The number of hydrogen-bond donors (Lipinski definition) is 3. The van der Waals surface area contributed by atoms with Crippen LogP contribution >= 0.6 is 0 Å². The number of rotatable bonds is 1. The fraction of sp³-hybridized carbons (Fsp3) is 0.200. The van der Waals surface area contributed by atoms with Crippen molar-refractivity contribution in [1.82, 2.24) is 15.6 Å². The molecule has 0 spiro atoms. The topological polar surface area (TPSA) is 79.1 Å². The summed E-state index contributed by atoms with van der Waals surface area (Å²) < 4.78 is 0. The highest BCUT2D eigenvalue weighted by Crippen LogP contribution is 1.92. The first-order chi connectivity index (χ1) is 4.88. The van der Waals surface area contributed by atoms with E-state index in [4.69, 9.17) is 5.84 Å². The van der Waals surface area contributed by atoms with Gasteiger partial charge in [-0.05, 0) is 0 Å². The zero-order chi connectivity index (χ0) is 7.40. The Morgan fingerprint density at radius 1 is 1.90 bits per heavy atom. The van der Waals surface area contributed by atoms with Crippen molar-refractivity contribution in [1.29, 1.82) is 0 Å². The molecule has 1 aromatic rings. The first-order valence-electron chi connectivity index (χ1n) is 2.81. The van der Waals surface area contributed by atoms with Crippen LogP contribution in [0.5, 0.6) is 0 Å². The molecule has 0 saturated carbocycles. The minimum Gasteiger partial charge on any atom is -0.308 e. The molecule has 0 atom stereocenters. The summed E-state index contributed by atoms with van der Waals surface area (Å²) in [5, 5.41) is 6.39. The smallest absolute Gasteiger partial charge is 0.145 e. The first kappa shape index (κ1) is 6.76. The van der Waals surface area contributed by atoms with E-state index in [0.29, 0.717) is 5.84 Å². The van der Waals surface area contributed by atoms with Gasteiger partial charge in [-0.1, -0.05) is 0 Å². The summed E-state index contributed by atoms with van der Waals surface area (Å²) in [5.41, 5.74) is 3.30. The third-order valence-electron chi connectivity index (χ3n) is 1.13. The van der Waals surface area contributed by atoms with E-state index in [9.17, 15) is 0 Å². The van der Waals surface area contributed by atoms with Crippen LogP contribution in [-0.2, 0) is 0 Å². The maximum Gasteiger partial charge on any atom is 0.145 e. The number of nitrogens with zero attached hydrogens (tertiary/aromatic N) is 2. The predicted molar refractivity (Wildman–Crippen MR) is 38.4 cm³/mol. The molecule has 1 aromatic heterocycles. The Hall–Kier alpha value is -1.36. The van der Waals surface area contributed by atoms with E-state index in [1.807, 2.05) is 0 Å². The van der Waals surface area contributed by atoms with Crippen molar-refractivity contribution < 1.29 is 0 Å². The molecule has 0 radical (unpaired) electrons. The minimum atomic E-state index is 0.619. The Bertz CT molecular complexity index is 212. The summed E-state index contributed by atoms with van der Waals surface area (Å²) in [6.07, 6.45) is 3.35. The molecular weight excluding hydrogens is 130 g/mol. The van der Waals surface area contributed by atoms with Crippen molar-refractivity contribution in [3.63, 3.8) is 0 Å². The van der Waals surface area contributed by atoms with Gasteiger partial charge in [-0.2, -0.15) is 5.10 Å². The molecule has 5 nitrogen and oxygen atoms in total. The van der Waals surface area contributed by atoms with Crippen molar-refractivity contribution in [2.24, 2.45) is 10.8 Å². The van der Waals surface area contributed by atoms with Gasteiger partial charge in [0.25, 0.3) is 0 Å². The van der Waals surface area contributed by atoms with Gasteiger partial charge >= 0.3 is 0 Å². The van der Waals surface area contributed by atoms with Crippen molar-refractivity contribution in [2.45, 2.75) is 0 Å². The molecule has 0 fully saturated rings. The number of aromatic nitrogens is 2. The number of aromatic amines is 1. The van der Waals surface area contributed by atoms with Gasteiger partial charge in [0, 0.05) is 13.2 Å². The molecule has 0 saturated heterocycles. The van der Waals surface area contributed by atoms with E-state index in [2.05, 4.69) is 20.6 Å². The number of nitrogens with two attached hydrogens (primary N) is 1. The van der Waals surface area contributed by atoms with Crippen LogP contribution in [0.2, 0.25) is 0 Å². The second-order valence-corrected chi connectivity index (χ2v) is 1.70. The second-order valence-electron chi connectivity index (χ2n) is 1.70. The highest BCUT2D eigenvalue weighted by atomic mass is 15.3. The number of nitrogens with one attached hydrogen (secondary N) is 2. The van der Waals surface area contributed by atoms with Crippen LogP contribution < -0.4 is 11.3 Å². The highest BCUT2D eigenvalue weighted by Gasteiger charge is 1.98. The molecule has 0 bridgehead atoms. The van der Waals surface area contributed by atoms with Crippen LogP contribution in [0.25, 0.3) is 0 Å². The van der Waals surface area contributed by atoms with E-state index in [0.717, 1.165) is 5.56 Å². The lowest BCUT2D eigenvalue weighted by atomic mass is 10.3. The SMILES string of the molecule is CN=C(NN)c1cn[nH]c1. The molecule has 0 unspecified atom stereocenters. The van der Waals surface area contributed by atoms with Crippen LogP contribution in [-0.4, -0.2) is 23.1 Å². The van der Waals surface area contributed by atoms with E-state index < -0.39 is 0 Å². The van der Waals surface area contributed by atoms with E-state index in [1.165, 1.54) is 0 Å². The molecule has 0 aliphatic rings. The van der Waals surface area contributed by atoms with Gasteiger partial charge in [0.05, 0.1) is 11.8 Å². The number of hydrogen-bond acceptors (Lipinski definition) is 3. The zero-order valence-electron chi connectivity index (χ0n) is 5.63. The summed E-state index contributed by atoms with van der Waals surface area (Å²) in [6, 6.07) is 0. The van der Waals surface area contributed by atoms with Gasteiger partial charge in [-0.3, -0.25) is 10.1 Å². The molecule has 10 heavy (non-hydrogen) atoms. The fourth-order valence-electron chi connectivity index (χ4n) is 0.657. The van der Waals surface area contributed by atoms with Crippen LogP contribution in [0, 0.1) is 0 Å². The lowest BCUT2D eigenvalue weighted by Gasteiger charge is -1.97. The molecule has 1 rings (SSSR count). The number of aliphatic imine (C=N–C) groups is 1. The monoisotopic (exact) mass is 139 g/mol. The maximum absolute atomic E-state index is 5.15. The molecule has 0 aliphatic carbocycles. The molecule has 1 heterocycles. The van der Waals surface area contributed by atoms with Gasteiger partial charge < -0.3 is 5.43 Å². The van der Waals surface area contributed by atoms with Crippen LogP contribution in [0.4, 0.5) is 0 Å². The Morgan fingerprint density at radius 2 is 2.70 bits per heavy atom. The summed E-state index contributed by atoms with van der Waals surface area (Å²) in [7, 11) is 1.65. The second kappa shape index (κ2) is 2.98. The van der Waals surface area contributed by atoms with E-state index in [-0.39, 0.29) is 0 Å². The van der Waals surface area contributed by atoms with Crippen LogP contribution in [0.3, 0.4) is 0 Å². The Balaban J connectivity index is 2.85. The molecule has 4 N–H and O–H groups in total. The third kappa shape index (κ3) is 1.14. The lowest BCUT2D eigenvalue weighted by Crippen LogP contribution is -2.30. The average Bonchev–Trinajstić information content (AvgIpc) is 2.43. The Morgan fingerprint density at radius 3 is 3.10 bits per heavy atom. The van der Waals surface area contributed by atoms with Crippen molar-refractivity contribution in [3.8, 4) is 0 Å². The van der Waals surface area contributed by atoms with Crippen LogP contribution in [0.1, 0.15) is 5.56 Å². The number of hydrazine groups is 1. The van der Waals surface area contributed by atoms with Gasteiger partial charge in [0.2, 0.25) is 0 Å².